The fraction of sp³-hybridized carbons (Fsp3) is 0.778. The molecule has 0 aromatic rings. The molecule has 0 aliphatic rings. The minimum atomic E-state index is -0.173. The van der Waals surface area contributed by atoms with Crippen LogP contribution in [0.5, 0.6) is 0 Å². The maximum absolute atomic E-state index is 10.7. The predicted molar refractivity (Wildman–Crippen MR) is 49.0 cm³/mol. The number of carbonyl (C=O) groups excluding carboxylic acids is 1. The first-order valence-corrected chi connectivity index (χ1v) is 4.41. The van der Waals surface area contributed by atoms with Crippen LogP contribution in [0.2, 0.25) is 0 Å². The molecule has 0 heterocycles. The summed E-state index contributed by atoms with van der Waals surface area (Å²) in [7, 11) is 1.90. The molecule has 0 N–H and O–H groups in total. The zero-order valence-electron chi connectivity index (χ0n) is 8.25. The lowest BCUT2D eigenvalue weighted by atomic mass is 10.4. The van der Waals surface area contributed by atoms with E-state index in [1.807, 2.05) is 11.9 Å². The highest BCUT2D eigenvalue weighted by molar-refractivity contribution is 5.68. The van der Waals surface area contributed by atoms with Crippen LogP contribution in [0, 0.1) is 11.3 Å². The molecule has 0 rings (SSSR count). The van der Waals surface area contributed by atoms with Gasteiger partial charge in [0.1, 0.15) is 6.61 Å². The van der Waals surface area contributed by atoms with Crippen LogP contribution in [0.25, 0.3) is 0 Å². The number of ether oxygens (including phenoxy) is 1. The largest absolute Gasteiger partial charge is 0.464 e. The zero-order valence-corrected chi connectivity index (χ0v) is 8.25. The van der Waals surface area contributed by atoms with Crippen LogP contribution in [0.1, 0.15) is 19.8 Å². The molecule has 0 aliphatic carbocycles. The molecule has 0 amide bonds. The third kappa shape index (κ3) is 7.29. The molecule has 0 saturated heterocycles. The lowest BCUT2D eigenvalue weighted by molar-refractivity contribution is -0.143. The van der Waals surface area contributed by atoms with Gasteiger partial charge in [-0.05, 0) is 7.05 Å². The van der Waals surface area contributed by atoms with Gasteiger partial charge in [0.25, 0.3) is 0 Å². The van der Waals surface area contributed by atoms with Gasteiger partial charge in [0, 0.05) is 25.9 Å². The van der Waals surface area contributed by atoms with Crippen molar-refractivity contribution in [2.24, 2.45) is 0 Å². The highest BCUT2D eigenvalue weighted by atomic mass is 16.5. The normalized spacial score (nSPS) is 9.69. The van der Waals surface area contributed by atoms with Gasteiger partial charge >= 0.3 is 5.97 Å². The summed E-state index contributed by atoms with van der Waals surface area (Å²) in [6, 6.07) is 2.06. The van der Waals surface area contributed by atoms with E-state index in [1.165, 1.54) is 0 Å². The summed E-state index contributed by atoms with van der Waals surface area (Å²) in [6.07, 6.45) is 0.931. The van der Waals surface area contributed by atoms with E-state index < -0.39 is 0 Å². The van der Waals surface area contributed by atoms with Crippen molar-refractivity contribution >= 4 is 5.97 Å². The Morgan fingerprint density at radius 3 is 2.77 bits per heavy atom. The van der Waals surface area contributed by atoms with Crippen molar-refractivity contribution in [3.63, 3.8) is 0 Å². The van der Waals surface area contributed by atoms with Gasteiger partial charge in [0.05, 0.1) is 6.07 Å². The van der Waals surface area contributed by atoms with Gasteiger partial charge < -0.3 is 9.64 Å². The first-order chi connectivity index (χ1) is 6.20. The monoisotopic (exact) mass is 184 g/mol. The van der Waals surface area contributed by atoms with Gasteiger partial charge in [-0.15, -0.1) is 0 Å². The molecule has 0 fully saturated rings. The summed E-state index contributed by atoms with van der Waals surface area (Å²) >= 11 is 0. The Morgan fingerprint density at radius 2 is 2.23 bits per heavy atom. The Bertz CT molecular complexity index is 187. The van der Waals surface area contributed by atoms with E-state index in [9.17, 15) is 4.79 Å². The zero-order chi connectivity index (χ0) is 10.1. The number of rotatable bonds is 6. The van der Waals surface area contributed by atoms with Gasteiger partial charge in [0.15, 0.2) is 0 Å². The number of carbonyl (C=O) groups is 1. The molecular weight excluding hydrogens is 168 g/mol. The Morgan fingerprint density at radius 1 is 1.54 bits per heavy atom. The fourth-order valence-corrected chi connectivity index (χ4v) is 0.770. The van der Waals surface area contributed by atoms with E-state index in [0.717, 1.165) is 6.54 Å². The molecule has 74 valence electrons. The lowest BCUT2D eigenvalue weighted by Gasteiger charge is -2.14. The standard InChI is InChI=1S/C9H16N2O2/c1-3-9(12)13-8-7-11(2)6-4-5-10/h3-4,6-8H2,1-2H3. The van der Waals surface area contributed by atoms with Crippen molar-refractivity contribution < 1.29 is 9.53 Å². The number of hydrogen-bond donors (Lipinski definition) is 0. The molecule has 0 aromatic carbocycles. The van der Waals surface area contributed by atoms with Crippen molar-refractivity contribution in [2.75, 3.05) is 26.7 Å². The number of likely N-dealkylation sites (N-methyl/N-ethyl adjacent to an activating group) is 1. The maximum Gasteiger partial charge on any atom is 0.305 e. The van der Waals surface area contributed by atoms with Gasteiger partial charge in [-0.1, -0.05) is 6.92 Å². The second kappa shape index (κ2) is 7.56. The third-order valence-electron chi connectivity index (χ3n) is 1.63. The van der Waals surface area contributed by atoms with Gasteiger partial charge in [-0.2, -0.15) is 5.26 Å². The highest BCUT2D eigenvalue weighted by Crippen LogP contribution is 1.88. The minimum Gasteiger partial charge on any atom is -0.464 e. The summed E-state index contributed by atoms with van der Waals surface area (Å²) < 4.78 is 4.88. The smallest absolute Gasteiger partial charge is 0.305 e. The van der Waals surface area contributed by atoms with Crippen molar-refractivity contribution in [3.05, 3.63) is 0 Å². The van der Waals surface area contributed by atoms with Crippen LogP contribution in [-0.2, 0) is 9.53 Å². The number of esters is 1. The average Bonchev–Trinajstić information content (AvgIpc) is 2.14. The van der Waals surface area contributed by atoms with Gasteiger partial charge in [-0.25, -0.2) is 0 Å². The van der Waals surface area contributed by atoms with Crippen LogP contribution in [0.15, 0.2) is 0 Å². The third-order valence-corrected chi connectivity index (χ3v) is 1.63. The predicted octanol–water partition coefficient (Wildman–Crippen LogP) is 0.785. The molecule has 0 aromatic heterocycles. The van der Waals surface area contributed by atoms with E-state index >= 15 is 0 Å². The first-order valence-electron chi connectivity index (χ1n) is 4.41. The van der Waals surface area contributed by atoms with E-state index in [2.05, 4.69) is 6.07 Å². The Kier molecular flexibility index (Phi) is 6.93. The molecule has 0 bridgehead atoms. The Hall–Kier alpha value is -1.08. The quantitative estimate of drug-likeness (QED) is 0.572. The molecule has 0 saturated carbocycles. The summed E-state index contributed by atoms with van der Waals surface area (Å²) in [5.74, 6) is -0.173. The van der Waals surface area contributed by atoms with Crippen LogP contribution < -0.4 is 0 Å². The van der Waals surface area contributed by atoms with Crippen molar-refractivity contribution in [2.45, 2.75) is 19.8 Å². The maximum atomic E-state index is 10.7. The molecule has 0 atom stereocenters. The number of nitrogens with zero attached hydrogens (tertiary/aromatic N) is 2. The second-order valence-electron chi connectivity index (χ2n) is 2.79. The molecular formula is C9H16N2O2. The molecule has 0 spiro atoms. The summed E-state index contributed by atoms with van der Waals surface area (Å²) in [6.45, 7) is 3.59. The Balaban J connectivity index is 3.32. The Labute approximate surface area is 79.1 Å². The lowest BCUT2D eigenvalue weighted by Crippen LogP contribution is -2.25. The van der Waals surface area contributed by atoms with Crippen molar-refractivity contribution in [1.29, 1.82) is 5.26 Å². The molecule has 13 heavy (non-hydrogen) atoms. The molecule has 0 radical (unpaired) electrons. The van der Waals surface area contributed by atoms with E-state index in [4.69, 9.17) is 10.00 Å². The summed E-state index contributed by atoms with van der Waals surface area (Å²) in [4.78, 5) is 12.7. The van der Waals surface area contributed by atoms with Crippen LogP contribution in [0.4, 0.5) is 0 Å². The van der Waals surface area contributed by atoms with Crippen molar-refractivity contribution in [3.8, 4) is 6.07 Å². The topological polar surface area (TPSA) is 53.3 Å². The van der Waals surface area contributed by atoms with E-state index in [-0.39, 0.29) is 5.97 Å². The van der Waals surface area contributed by atoms with Crippen LogP contribution >= 0.6 is 0 Å². The fourth-order valence-electron chi connectivity index (χ4n) is 0.770. The van der Waals surface area contributed by atoms with Gasteiger partial charge in [0.2, 0.25) is 0 Å². The number of hydrogen-bond acceptors (Lipinski definition) is 4. The second-order valence-corrected chi connectivity index (χ2v) is 2.79. The van der Waals surface area contributed by atoms with Crippen LogP contribution in [-0.4, -0.2) is 37.6 Å². The SMILES string of the molecule is CCC(=O)OCCN(C)CCC#N. The summed E-state index contributed by atoms with van der Waals surface area (Å²) in [5, 5.41) is 8.30. The van der Waals surface area contributed by atoms with Crippen molar-refractivity contribution in [1.82, 2.24) is 4.90 Å². The molecule has 0 unspecified atom stereocenters. The van der Waals surface area contributed by atoms with E-state index in [1.54, 1.807) is 6.92 Å². The van der Waals surface area contributed by atoms with E-state index in [0.29, 0.717) is 26.0 Å². The first kappa shape index (κ1) is 11.9. The molecule has 0 aliphatic heterocycles. The molecule has 4 heteroatoms. The van der Waals surface area contributed by atoms with Crippen LogP contribution in [0.3, 0.4) is 0 Å². The van der Waals surface area contributed by atoms with Gasteiger partial charge in [-0.3, -0.25) is 4.79 Å². The average molecular weight is 184 g/mol. The minimum absolute atomic E-state index is 0.173. The molecule has 4 nitrogen and oxygen atoms in total. The number of nitriles is 1. The highest BCUT2D eigenvalue weighted by Gasteiger charge is 2.00. The summed E-state index contributed by atoms with van der Waals surface area (Å²) in [5.41, 5.74) is 0.